The number of phenolic OH excluding ortho intramolecular Hbond substituents is 1. The molecule has 132 valence electrons. The predicted molar refractivity (Wildman–Crippen MR) is 97.2 cm³/mol. The number of carbonyl (C=O) groups excluding carboxylic acids is 2. The third-order valence-corrected chi connectivity index (χ3v) is 4.85. The Bertz CT molecular complexity index is 1050. The van der Waals surface area contributed by atoms with Gasteiger partial charge in [0.15, 0.2) is 11.5 Å². The monoisotopic (exact) mass is 371 g/mol. The molecule has 2 aromatic carbocycles. The van der Waals surface area contributed by atoms with Gasteiger partial charge in [0.2, 0.25) is 6.79 Å². The van der Waals surface area contributed by atoms with Crippen molar-refractivity contribution in [3.8, 4) is 17.2 Å². The number of urea groups is 1. The van der Waals surface area contributed by atoms with E-state index in [2.05, 4.69) is 10.6 Å². The number of aromatic hydroxyl groups is 1. The normalized spacial score (nSPS) is 12.2. The minimum Gasteiger partial charge on any atom is -0.508 e. The van der Waals surface area contributed by atoms with Gasteiger partial charge in [0.25, 0.3) is 5.91 Å². The maximum absolute atomic E-state index is 12.3. The van der Waals surface area contributed by atoms with Crippen LogP contribution in [0.1, 0.15) is 10.4 Å². The summed E-state index contributed by atoms with van der Waals surface area (Å²) in [5.74, 6) is 0.542. The van der Waals surface area contributed by atoms with Crippen LogP contribution in [0.2, 0.25) is 0 Å². The van der Waals surface area contributed by atoms with Crippen molar-refractivity contribution < 1.29 is 24.2 Å². The van der Waals surface area contributed by atoms with Crippen molar-refractivity contribution in [2.75, 3.05) is 17.4 Å². The summed E-state index contributed by atoms with van der Waals surface area (Å²) >= 11 is 1.15. The lowest BCUT2D eigenvalue weighted by Crippen LogP contribution is -2.21. The average molecular weight is 371 g/mol. The first-order chi connectivity index (χ1) is 12.5. The van der Waals surface area contributed by atoms with E-state index in [-0.39, 0.29) is 18.1 Å². The molecular formula is C17H13N3O5S. The third kappa shape index (κ3) is 2.84. The SMILES string of the molecule is NC(=O)c1c(NC(=O)Nc2ccc3c(c2)OCO3)sc2cc(O)ccc12. The van der Waals surface area contributed by atoms with Gasteiger partial charge in [0.05, 0.1) is 5.56 Å². The lowest BCUT2D eigenvalue weighted by atomic mass is 10.1. The van der Waals surface area contributed by atoms with E-state index in [0.717, 1.165) is 11.3 Å². The molecule has 0 spiro atoms. The standard InChI is InChI=1S/C17H13N3O5S/c18-15(22)14-10-3-2-9(21)6-13(10)26-16(14)20-17(23)19-8-1-4-11-12(5-8)25-7-24-11/h1-6,21H,7H2,(H2,18,22)(H2,19,20,23). The number of hydrogen-bond donors (Lipinski definition) is 4. The molecular weight excluding hydrogens is 358 g/mol. The van der Waals surface area contributed by atoms with E-state index in [1.807, 2.05) is 0 Å². The first kappa shape index (κ1) is 16.0. The number of ether oxygens (including phenoxy) is 2. The second-order valence-corrected chi connectivity index (χ2v) is 6.55. The minimum absolute atomic E-state index is 0.0612. The Hall–Kier alpha value is -3.46. The number of phenols is 1. The Kier molecular flexibility index (Phi) is 3.77. The van der Waals surface area contributed by atoms with Gasteiger partial charge in [-0.3, -0.25) is 10.1 Å². The molecule has 3 aromatic rings. The zero-order valence-corrected chi connectivity index (χ0v) is 14.1. The third-order valence-electron chi connectivity index (χ3n) is 3.78. The van der Waals surface area contributed by atoms with Gasteiger partial charge in [0.1, 0.15) is 10.8 Å². The lowest BCUT2D eigenvalue weighted by Gasteiger charge is -2.08. The van der Waals surface area contributed by atoms with Gasteiger partial charge in [-0.25, -0.2) is 4.79 Å². The topological polar surface area (TPSA) is 123 Å². The Morgan fingerprint density at radius 3 is 2.69 bits per heavy atom. The number of nitrogens with one attached hydrogen (secondary N) is 2. The van der Waals surface area contributed by atoms with Gasteiger partial charge >= 0.3 is 6.03 Å². The van der Waals surface area contributed by atoms with E-state index in [1.54, 1.807) is 24.3 Å². The molecule has 4 rings (SSSR count). The van der Waals surface area contributed by atoms with Gasteiger partial charge in [-0.2, -0.15) is 0 Å². The van der Waals surface area contributed by atoms with Crippen molar-refractivity contribution in [1.82, 2.24) is 0 Å². The van der Waals surface area contributed by atoms with Crippen LogP contribution < -0.4 is 25.8 Å². The number of thiophene rings is 1. The molecule has 0 saturated carbocycles. The van der Waals surface area contributed by atoms with Crippen molar-refractivity contribution in [2.45, 2.75) is 0 Å². The molecule has 1 aliphatic rings. The van der Waals surface area contributed by atoms with E-state index < -0.39 is 11.9 Å². The summed E-state index contributed by atoms with van der Waals surface area (Å²) in [6.45, 7) is 0.140. The molecule has 1 aromatic heterocycles. The maximum Gasteiger partial charge on any atom is 0.324 e. The van der Waals surface area contributed by atoms with Gasteiger partial charge in [-0.15, -0.1) is 11.3 Å². The number of fused-ring (bicyclic) bond motifs is 2. The summed E-state index contributed by atoms with van der Waals surface area (Å²) in [6, 6.07) is 9.01. The van der Waals surface area contributed by atoms with Crippen LogP contribution in [0.5, 0.6) is 17.2 Å². The molecule has 5 N–H and O–H groups in total. The van der Waals surface area contributed by atoms with Crippen molar-refractivity contribution in [3.63, 3.8) is 0 Å². The number of rotatable bonds is 3. The number of primary amides is 1. The highest BCUT2D eigenvalue weighted by Crippen LogP contribution is 2.38. The number of amides is 3. The van der Waals surface area contributed by atoms with Crippen molar-refractivity contribution in [3.05, 3.63) is 42.0 Å². The van der Waals surface area contributed by atoms with E-state index in [0.29, 0.717) is 32.3 Å². The van der Waals surface area contributed by atoms with Gasteiger partial charge < -0.3 is 25.6 Å². The zero-order chi connectivity index (χ0) is 18.3. The molecule has 0 atom stereocenters. The van der Waals surface area contributed by atoms with Crippen molar-refractivity contribution >= 4 is 44.0 Å². The van der Waals surface area contributed by atoms with E-state index in [1.165, 1.54) is 12.1 Å². The highest BCUT2D eigenvalue weighted by Gasteiger charge is 2.19. The lowest BCUT2D eigenvalue weighted by molar-refractivity contribution is 0.100. The van der Waals surface area contributed by atoms with Crippen LogP contribution in [0.3, 0.4) is 0 Å². The molecule has 1 aliphatic heterocycles. The molecule has 26 heavy (non-hydrogen) atoms. The average Bonchev–Trinajstić information content (AvgIpc) is 3.17. The first-order valence-corrected chi connectivity index (χ1v) is 8.36. The zero-order valence-electron chi connectivity index (χ0n) is 13.2. The molecule has 0 radical (unpaired) electrons. The number of nitrogens with two attached hydrogens (primary N) is 1. The van der Waals surface area contributed by atoms with Crippen LogP contribution in [-0.4, -0.2) is 23.8 Å². The summed E-state index contributed by atoms with van der Waals surface area (Å²) in [5.41, 5.74) is 6.16. The van der Waals surface area contributed by atoms with Gasteiger partial charge in [0, 0.05) is 21.8 Å². The van der Waals surface area contributed by atoms with Crippen LogP contribution in [-0.2, 0) is 0 Å². The van der Waals surface area contributed by atoms with Crippen LogP contribution in [0.4, 0.5) is 15.5 Å². The van der Waals surface area contributed by atoms with E-state index in [4.69, 9.17) is 15.2 Å². The summed E-state index contributed by atoms with van der Waals surface area (Å²) in [6.07, 6.45) is 0. The van der Waals surface area contributed by atoms with Gasteiger partial charge in [-0.1, -0.05) is 0 Å². The quantitative estimate of drug-likeness (QED) is 0.563. The molecule has 0 aliphatic carbocycles. The number of hydrogen-bond acceptors (Lipinski definition) is 6. The van der Waals surface area contributed by atoms with Crippen molar-refractivity contribution in [1.29, 1.82) is 0 Å². The Morgan fingerprint density at radius 1 is 1.08 bits per heavy atom. The molecule has 3 amide bonds. The number of carbonyl (C=O) groups is 2. The fourth-order valence-corrected chi connectivity index (χ4v) is 3.79. The Morgan fingerprint density at radius 2 is 1.88 bits per heavy atom. The largest absolute Gasteiger partial charge is 0.508 e. The van der Waals surface area contributed by atoms with Crippen LogP contribution in [0.15, 0.2) is 36.4 Å². The molecule has 9 heteroatoms. The van der Waals surface area contributed by atoms with Crippen LogP contribution in [0.25, 0.3) is 10.1 Å². The summed E-state index contributed by atoms with van der Waals surface area (Å²) < 4.78 is 11.1. The second-order valence-electron chi connectivity index (χ2n) is 5.50. The predicted octanol–water partition coefficient (Wildman–Crippen LogP) is 3.08. The molecule has 8 nitrogen and oxygen atoms in total. The summed E-state index contributed by atoms with van der Waals surface area (Å²) in [4.78, 5) is 24.1. The van der Waals surface area contributed by atoms with Crippen LogP contribution >= 0.6 is 11.3 Å². The maximum atomic E-state index is 12.3. The smallest absolute Gasteiger partial charge is 0.324 e. The highest BCUT2D eigenvalue weighted by atomic mass is 32.1. The molecule has 0 bridgehead atoms. The fourth-order valence-electron chi connectivity index (χ4n) is 2.66. The first-order valence-electron chi connectivity index (χ1n) is 7.54. The molecule has 0 unspecified atom stereocenters. The molecule has 0 fully saturated rings. The second kappa shape index (κ2) is 6.12. The minimum atomic E-state index is -0.666. The number of benzene rings is 2. The summed E-state index contributed by atoms with van der Waals surface area (Å²) in [5, 5.41) is 15.8. The highest BCUT2D eigenvalue weighted by molar-refractivity contribution is 7.23. The Labute approximate surface area is 151 Å². The summed E-state index contributed by atoms with van der Waals surface area (Å²) in [7, 11) is 0. The molecule has 2 heterocycles. The van der Waals surface area contributed by atoms with Crippen LogP contribution in [0, 0.1) is 0 Å². The molecule has 0 saturated heterocycles. The van der Waals surface area contributed by atoms with Crippen molar-refractivity contribution in [2.24, 2.45) is 5.73 Å². The fraction of sp³-hybridized carbons (Fsp3) is 0.0588. The number of anilines is 2. The van der Waals surface area contributed by atoms with E-state index in [9.17, 15) is 14.7 Å². The van der Waals surface area contributed by atoms with E-state index >= 15 is 0 Å². The Balaban J connectivity index is 1.59. The van der Waals surface area contributed by atoms with Gasteiger partial charge in [-0.05, 0) is 30.3 Å².